The zero-order valence-corrected chi connectivity index (χ0v) is 11.9. The number of nitrogens with one attached hydrogen (secondary N) is 1. The molecule has 0 amide bonds. The van der Waals surface area contributed by atoms with Crippen molar-refractivity contribution in [2.24, 2.45) is 5.41 Å². The number of hydrogen-bond donors (Lipinski definition) is 1. The Bertz CT molecular complexity index is 369. The highest BCUT2D eigenvalue weighted by atomic mass is 79.9. The summed E-state index contributed by atoms with van der Waals surface area (Å²) in [5.41, 5.74) is 2.10. The van der Waals surface area contributed by atoms with Gasteiger partial charge in [0, 0.05) is 23.0 Å². The van der Waals surface area contributed by atoms with Gasteiger partial charge in [-0.2, -0.15) is 0 Å². The third-order valence-electron chi connectivity index (χ3n) is 3.53. The first-order valence-corrected chi connectivity index (χ1v) is 6.67. The summed E-state index contributed by atoms with van der Waals surface area (Å²) in [7, 11) is 0. The first-order chi connectivity index (χ1) is 7.41. The highest BCUT2D eigenvalue weighted by molar-refractivity contribution is 9.10. The van der Waals surface area contributed by atoms with Crippen LogP contribution in [0.2, 0.25) is 0 Å². The van der Waals surface area contributed by atoms with E-state index in [1.807, 2.05) is 0 Å². The standard InChI is InChI=1S/C14H20BrN/c1-13(2)8-14(3,10-16-9-13)11-4-6-12(15)7-5-11/h4-7,16H,8-10H2,1-3H3. The molecule has 0 spiro atoms. The van der Waals surface area contributed by atoms with Crippen LogP contribution in [0, 0.1) is 5.41 Å². The molecule has 1 N–H and O–H groups in total. The lowest BCUT2D eigenvalue weighted by Crippen LogP contribution is -2.49. The van der Waals surface area contributed by atoms with Gasteiger partial charge in [0.1, 0.15) is 0 Å². The van der Waals surface area contributed by atoms with Gasteiger partial charge in [0.2, 0.25) is 0 Å². The summed E-state index contributed by atoms with van der Waals surface area (Å²) in [6.07, 6.45) is 1.24. The zero-order chi connectivity index (χ0) is 11.8. The van der Waals surface area contributed by atoms with E-state index in [0.29, 0.717) is 5.41 Å². The molecule has 1 nitrogen and oxygen atoms in total. The normalized spacial score (nSPS) is 29.0. The Balaban J connectivity index is 2.27. The first-order valence-electron chi connectivity index (χ1n) is 5.88. The molecule has 1 aromatic rings. The number of piperidine rings is 1. The molecular weight excluding hydrogens is 262 g/mol. The average molecular weight is 282 g/mol. The van der Waals surface area contributed by atoms with Crippen LogP contribution < -0.4 is 5.32 Å². The third kappa shape index (κ3) is 2.49. The van der Waals surface area contributed by atoms with Crippen LogP contribution in [0.25, 0.3) is 0 Å². The lowest BCUT2D eigenvalue weighted by molar-refractivity contribution is 0.180. The van der Waals surface area contributed by atoms with Crippen molar-refractivity contribution in [1.82, 2.24) is 5.32 Å². The number of rotatable bonds is 1. The second-order valence-corrected chi connectivity index (χ2v) is 6.93. The predicted molar refractivity (Wildman–Crippen MR) is 72.8 cm³/mol. The largest absolute Gasteiger partial charge is 0.315 e. The summed E-state index contributed by atoms with van der Waals surface area (Å²) < 4.78 is 1.16. The van der Waals surface area contributed by atoms with Gasteiger partial charge in [0.15, 0.2) is 0 Å². The van der Waals surface area contributed by atoms with Crippen molar-refractivity contribution in [2.75, 3.05) is 13.1 Å². The van der Waals surface area contributed by atoms with E-state index >= 15 is 0 Å². The minimum Gasteiger partial charge on any atom is -0.315 e. The van der Waals surface area contributed by atoms with Crippen molar-refractivity contribution in [3.05, 3.63) is 34.3 Å². The lowest BCUT2D eigenvalue weighted by Gasteiger charge is -2.43. The number of halogens is 1. The smallest absolute Gasteiger partial charge is 0.0175 e. The van der Waals surface area contributed by atoms with Gasteiger partial charge >= 0.3 is 0 Å². The summed E-state index contributed by atoms with van der Waals surface area (Å²) >= 11 is 3.49. The maximum absolute atomic E-state index is 3.57. The van der Waals surface area contributed by atoms with Crippen molar-refractivity contribution in [3.8, 4) is 0 Å². The molecule has 2 heteroatoms. The van der Waals surface area contributed by atoms with Crippen molar-refractivity contribution < 1.29 is 0 Å². The number of benzene rings is 1. The maximum atomic E-state index is 3.57. The van der Waals surface area contributed by atoms with Gasteiger partial charge in [0.05, 0.1) is 0 Å². The zero-order valence-electron chi connectivity index (χ0n) is 10.3. The van der Waals surface area contributed by atoms with Crippen LogP contribution >= 0.6 is 15.9 Å². The molecular formula is C14H20BrN. The quantitative estimate of drug-likeness (QED) is 0.827. The van der Waals surface area contributed by atoms with Crippen LogP contribution in [0.3, 0.4) is 0 Å². The molecule has 88 valence electrons. The Labute approximate surface area is 107 Å². The van der Waals surface area contributed by atoms with Crippen molar-refractivity contribution in [2.45, 2.75) is 32.6 Å². The van der Waals surface area contributed by atoms with Crippen molar-refractivity contribution in [3.63, 3.8) is 0 Å². The fourth-order valence-corrected chi connectivity index (χ4v) is 3.18. The van der Waals surface area contributed by atoms with Crippen LogP contribution in [0.15, 0.2) is 28.7 Å². The SMILES string of the molecule is CC1(C)CNCC(C)(c2ccc(Br)cc2)C1. The van der Waals surface area contributed by atoms with Crippen LogP contribution in [0.5, 0.6) is 0 Å². The van der Waals surface area contributed by atoms with E-state index in [1.165, 1.54) is 12.0 Å². The van der Waals surface area contributed by atoms with Crippen LogP contribution in [0.4, 0.5) is 0 Å². The molecule has 1 saturated heterocycles. The maximum Gasteiger partial charge on any atom is 0.0175 e. The summed E-state index contributed by atoms with van der Waals surface area (Å²) in [4.78, 5) is 0. The van der Waals surface area contributed by atoms with Crippen LogP contribution in [-0.4, -0.2) is 13.1 Å². The molecule has 1 aliphatic heterocycles. The van der Waals surface area contributed by atoms with Crippen LogP contribution in [-0.2, 0) is 5.41 Å². The summed E-state index contributed by atoms with van der Waals surface area (Å²) in [6, 6.07) is 8.77. The van der Waals surface area contributed by atoms with E-state index < -0.39 is 0 Å². The second-order valence-electron chi connectivity index (χ2n) is 6.01. The van der Waals surface area contributed by atoms with Gasteiger partial charge in [-0.3, -0.25) is 0 Å². The molecule has 0 bridgehead atoms. The molecule has 1 unspecified atom stereocenters. The second kappa shape index (κ2) is 4.15. The van der Waals surface area contributed by atoms with Gasteiger partial charge < -0.3 is 5.32 Å². The van der Waals surface area contributed by atoms with Gasteiger partial charge in [-0.05, 0) is 29.5 Å². The van der Waals surface area contributed by atoms with Crippen molar-refractivity contribution >= 4 is 15.9 Å². The molecule has 0 radical (unpaired) electrons. The minimum atomic E-state index is 0.266. The number of hydrogen-bond acceptors (Lipinski definition) is 1. The summed E-state index contributed by atoms with van der Waals surface area (Å²) in [5, 5.41) is 3.57. The first kappa shape index (κ1) is 12.1. The minimum absolute atomic E-state index is 0.266. The highest BCUT2D eigenvalue weighted by Gasteiger charge is 2.37. The highest BCUT2D eigenvalue weighted by Crippen LogP contribution is 2.39. The summed E-state index contributed by atoms with van der Waals surface area (Å²) in [6.45, 7) is 9.26. The molecule has 0 aliphatic carbocycles. The molecule has 2 rings (SSSR count). The van der Waals surface area contributed by atoms with Gasteiger partial charge in [-0.1, -0.05) is 48.8 Å². The molecule has 1 aliphatic rings. The molecule has 1 fully saturated rings. The Hall–Kier alpha value is -0.340. The molecule has 1 aromatic carbocycles. The monoisotopic (exact) mass is 281 g/mol. The third-order valence-corrected chi connectivity index (χ3v) is 4.06. The van der Waals surface area contributed by atoms with E-state index in [0.717, 1.165) is 17.6 Å². The van der Waals surface area contributed by atoms with E-state index in [4.69, 9.17) is 0 Å². The molecule has 16 heavy (non-hydrogen) atoms. The van der Waals surface area contributed by atoms with Crippen molar-refractivity contribution in [1.29, 1.82) is 0 Å². The molecule has 0 saturated carbocycles. The Kier molecular flexibility index (Phi) is 3.15. The molecule has 1 atom stereocenters. The van der Waals surface area contributed by atoms with E-state index in [1.54, 1.807) is 0 Å². The topological polar surface area (TPSA) is 12.0 Å². The van der Waals surface area contributed by atoms with E-state index in [2.05, 4.69) is 66.3 Å². The van der Waals surface area contributed by atoms with Gasteiger partial charge in [-0.15, -0.1) is 0 Å². The van der Waals surface area contributed by atoms with Gasteiger partial charge in [0.25, 0.3) is 0 Å². The van der Waals surface area contributed by atoms with Gasteiger partial charge in [-0.25, -0.2) is 0 Å². The van der Waals surface area contributed by atoms with Crippen LogP contribution in [0.1, 0.15) is 32.8 Å². The lowest BCUT2D eigenvalue weighted by atomic mass is 9.67. The Morgan fingerprint density at radius 3 is 2.25 bits per heavy atom. The van der Waals surface area contributed by atoms with E-state index in [-0.39, 0.29) is 5.41 Å². The predicted octanol–water partition coefficient (Wildman–Crippen LogP) is 3.73. The van der Waals surface area contributed by atoms with E-state index in [9.17, 15) is 0 Å². The Morgan fingerprint density at radius 1 is 1.06 bits per heavy atom. The average Bonchev–Trinajstić information content (AvgIpc) is 2.16. The molecule has 0 aromatic heterocycles. The fourth-order valence-electron chi connectivity index (χ4n) is 2.91. The fraction of sp³-hybridized carbons (Fsp3) is 0.571. The Morgan fingerprint density at radius 2 is 1.69 bits per heavy atom. The summed E-state index contributed by atoms with van der Waals surface area (Å²) in [5.74, 6) is 0. The molecule has 1 heterocycles.